The maximum absolute atomic E-state index is 12.8. The Labute approximate surface area is 157 Å². The summed E-state index contributed by atoms with van der Waals surface area (Å²) in [7, 11) is -1.19. The van der Waals surface area contributed by atoms with Crippen LogP contribution in [0.5, 0.6) is 0 Å². The zero-order valence-electron chi connectivity index (χ0n) is 14.3. The zero-order valence-corrected chi connectivity index (χ0v) is 15.9. The van der Waals surface area contributed by atoms with Crippen LogP contribution in [0.1, 0.15) is 10.4 Å². The summed E-state index contributed by atoms with van der Waals surface area (Å²) >= 11 is 5.82. The van der Waals surface area contributed by atoms with E-state index in [-0.39, 0.29) is 10.5 Å². The predicted octanol–water partition coefficient (Wildman–Crippen LogP) is 2.99. The molecule has 0 aliphatic heterocycles. The molecule has 0 atom stereocenters. The van der Waals surface area contributed by atoms with Gasteiger partial charge in [-0.25, -0.2) is 13.2 Å². The van der Waals surface area contributed by atoms with Crippen LogP contribution in [-0.2, 0) is 19.5 Å². The van der Waals surface area contributed by atoms with Crippen LogP contribution in [-0.4, -0.2) is 41.8 Å². The van der Waals surface area contributed by atoms with Crippen LogP contribution in [0.25, 0.3) is 0 Å². The van der Waals surface area contributed by atoms with Crippen molar-refractivity contribution in [1.29, 1.82) is 0 Å². The number of carbonyl (C=O) groups excluding carboxylic acids is 1. The highest BCUT2D eigenvalue weighted by atomic mass is 35.5. The van der Waals surface area contributed by atoms with Gasteiger partial charge in [0.2, 0.25) is 0 Å². The molecule has 9 heteroatoms. The van der Waals surface area contributed by atoms with Crippen molar-refractivity contribution in [2.24, 2.45) is 0 Å². The predicted molar refractivity (Wildman–Crippen MR) is 100 cm³/mol. The van der Waals surface area contributed by atoms with Gasteiger partial charge in [0.15, 0.2) is 0 Å². The minimum atomic E-state index is -3.96. The van der Waals surface area contributed by atoms with Crippen molar-refractivity contribution in [3.05, 3.63) is 53.1 Å². The van der Waals surface area contributed by atoms with E-state index < -0.39 is 16.0 Å². The van der Waals surface area contributed by atoms with Crippen LogP contribution >= 0.6 is 11.6 Å². The lowest BCUT2D eigenvalue weighted by Gasteiger charge is -2.15. The molecule has 7 nitrogen and oxygen atoms in total. The molecule has 0 spiro atoms. The molecule has 2 aromatic rings. The van der Waals surface area contributed by atoms with Gasteiger partial charge in [0.25, 0.3) is 10.0 Å². The largest absolute Gasteiger partial charge is 0.465 e. The number of rotatable bonds is 8. The van der Waals surface area contributed by atoms with Gasteiger partial charge in [-0.15, -0.1) is 0 Å². The van der Waals surface area contributed by atoms with Crippen molar-refractivity contribution < 1.29 is 22.7 Å². The summed E-state index contributed by atoms with van der Waals surface area (Å²) in [5.41, 5.74) is 0.818. The number of nitrogens with one attached hydrogen (secondary N) is 2. The molecule has 0 aliphatic rings. The summed E-state index contributed by atoms with van der Waals surface area (Å²) in [6.45, 7) is 0.792. The normalized spacial score (nSPS) is 11.0. The number of methoxy groups -OCH3 is 2. The number of esters is 1. The fourth-order valence-electron chi connectivity index (χ4n) is 2.15. The molecule has 0 heterocycles. The number of carbonyl (C=O) groups is 1. The van der Waals surface area contributed by atoms with Crippen molar-refractivity contribution in [2.75, 3.05) is 37.4 Å². The lowest BCUT2D eigenvalue weighted by atomic mass is 10.2. The van der Waals surface area contributed by atoms with Gasteiger partial charge >= 0.3 is 5.97 Å². The van der Waals surface area contributed by atoms with Crippen molar-refractivity contribution >= 4 is 39.0 Å². The standard InChI is InChI=1S/C17H19ClN2O5S/c1-24-10-9-19-15-8-3-12(17(21)25-2)11-16(15)26(22,23)20-14-6-4-13(18)5-7-14/h3-8,11,19-20H,9-10H2,1-2H3. The second kappa shape index (κ2) is 8.88. The van der Waals surface area contributed by atoms with E-state index in [0.29, 0.717) is 29.5 Å². The highest BCUT2D eigenvalue weighted by Gasteiger charge is 2.21. The molecular weight excluding hydrogens is 380 g/mol. The lowest BCUT2D eigenvalue weighted by Crippen LogP contribution is -2.18. The van der Waals surface area contributed by atoms with E-state index in [9.17, 15) is 13.2 Å². The minimum absolute atomic E-state index is 0.0774. The SMILES string of the molecule is COCCNc1ccc(C(=O)OC)cc1S(=O)(=O)Nc1ccc(Cl)cc1. The van der Waals surface area contributed by atoms with E-state index in [4.69, 9.17) is 16.3 Å². The molecule has 0 saturated heterocycles. The van der Waals surface area contributed by atoms with E-state index in [1.54, 1.807) is 31.4 Å². The Hall–Kier alpha value is -2.29. The third kappa shape index (κ3) is 5.10. The summed E-state index contributed by atoms with van der Waals surface area (Å²) in [6, 6.07) is 10.5. The molecule has 2 rings (SSSR count). The molecule has 2 N–H and O–H groups in total. The van der Waals surface area contributed by atoms with Gasteiger partial charge in [0.1, 0.15) is 4.90 Å². The Balaban J connectivity index is 2.40. The topological polar surface area (TPSA) is 93.7 Å². The highest BCUT2D eigenvalue weighted by Crippen LogP contribution is 2.26. The zero-order chi connectivity index (χ0) is 19.2. The second-order valence-electron chi connectivity index (χ2n) is 5.23. The number of hydrogen-bond donors (Lipinski definition) is 2. The van der Waals surface area contributed by atoms with Gasteiger partial charge in [0, 0.05) is 24.4 Å². The number of benzene rings is 2. The summed E-state index contributed by atoms with van der Waals surface area (Å²) in [6.07, 6.45) is 0. The molecule has 0 amide bonds. The molecule has 0 radical (unpaired) electrons. The van der Waals surface area contributed by atoms with Crippen LogP contribution < -0.4 is 10.0 Å². The number of sulfonamides is 1. The Morgan fingerprint density at radius 1 is 1.12 bits per heavy atom. The molecule has 0 aromatic heterocycles. The quantitative estimate of drug-likeness (QED) is 0.524. The molecule has 0 aliphatic carbocycles. The molecule has 0 unspecified atom stereocenters. The Kier molecular flexibility index (Phi) is 6.84. The fourth-order valence-corrected chi connectivity index (χ4v) is 3.55. The molecule has 0 fully saturated rings. The van der Waals surface area contributed by atoms with Gasteiger partial charge in [0.05, 0.1) is 25.0 Å². The molecule has 140 valence electrons. The van der Waals surface area contributed by atoms with Gasteiger partial charge in [-0.2, -0.15) is 0 Å². The average Bonchev–Trinajstić information content (AvgIpc) is 2.63. The van der Waals surface area contributed by atoms with Gasteiger partial charge in [-0.1, -0.05) is 11.6 Å². The number of ether oxygens (including phenoxy) is 2. The van der Waals surface area contributed by atoms with Gasteiger partial charge in [-0.3, -0.25) is 4.72 Å². The maximum Gasteiger partial charge on any atom is 0.337 e. The minimum Gasteiger partial charge on any atom is -0.465 e. The second-order valence-corrected chi connectivity index (χ2v) is 7.32. The summed E-state index contributed by atoms with van der Waals surface area (Å²) in [5, 5.41) is 3.47. The van der Waals surface area contributed by atoms with Crippen LogP contribution in [0.3, 0.4) is 0 Å². The highest BCUT2D eigenvalue weighted by molar-refractivity contribution is 7.92. The summed E-state index contributed by atoms with van der Waals surface area (Å²) in [4.78, 5) is 11.7. The molecular formula is C17H19ClN2O5S. The van der Waals surface area contributed by atoms with Crippen molar-refractivity contribution in [3.63, 3.8) is 0 Å². The third-order valence-electron chi connectivity index (χ3n) is 3.41. The first kappa shape index (κ1) is 20.0. The van der Waals surface area contributed by atoms with Gasteiger partial charge < -0.3 is 14.8 Å². The van der Waals surface area contributed by atoms with E-state index >= 15 is 0 Å². The fraction of sp³-hybridized carbons (Fsp3) is 0.235. The van der Waals surface area contributed by atoms with Crippen molar-refractivity contribution in [2.45, 2.75) is 4.90 Å². The smallest absolute Gasteiger partial charge is 0.337 e. The van der Waals surface area contributed by atoms with E-state index in [1.165, 1.54) is 25.3 Å². The van der Waals surface area contributed by atoms with Crippen molar-refractivity contribution in [3.8, 4) is 0 Å². The first-order valence-electron chi connectivity index (χ1n) is 7.61. The Morgan fingerprint density at radius 2 is 1.81 bits per heavy atom. The van der Waals surface area contributed by atoms with Crippen LogP contribution in [0, 0.1) is 0 Å². The number of anilines is 2. The third-order valence-corrected chi connectivity index (χ3v) is 5.08. The maximum atomic E-state index is 12.8. The summed E-state index contributed by atoms with van der Waals surface area (Å²) in [5.74, 6) is -0.628. The first-order valence-corrected chi connectivity index (χ1v) is 9.47. The van der Waals surface area contributed by atoms with Crippen LogP contribution in [0.15, 0.2) is 47.4 Å². The number of hydrogen-bond acceptors (Lipinski definition) is 6. The lowest BCUT2D eigenvalue weighted by molar-refractivity contribution is 0.0600. The molecule has 26 heavy (non-hydrogen) atoms. The Morgan fingerprint density at radius 3 is 2.42 bits per heavy atom. The van der Waals surface area contributed by atoms with Crippen LogP contribution in [0.4, 0.5) is 11.4 Å². The molecule has 2 aromatic carbocycles. The summed E-state index contributed by atoms with van der Waals surface area (Å²) < 4.78 is 37.8. The van der Waals surface area contributed by atoms with E-state index in [1.807, 2.05) is 0 Å². The van der Waals surface area contributed by atoms with E-state index in [0.717, 1.165) is 0 Å². The van der Waals surface area contributed by atoms with Crippen LogP contribution in [0.2, 0.25) is 5.02 Å². The monoisotopic (exact) mass is 398 g/mol. The van der Waals surface area contributed by atoms with Crippen molar-refractivity contribution in [1.82, 2.24) is 0 Å². The Bertz CT molecular complexity index is 869. The molecule has 0 saturated carbocycles. The van der Waals surface area contributed by atoms with Gasteiger partial charge in [-0.05, 0) is 42.5 Å². The average molecular weight is 399 g/mol. The first-order chi connectivity index (χ1) is 12.4. The molecule has 0 bridgehead atoms. The van der Waals surface area contributed by atoms with E-state index in [2.05, 4.69) is 14.8 Å². The number of halogens is 1.